The second-order valence-corrected chi connectivity index (χ2v) is 6.01. The van der Waals surface area contributed by atoms with Crippen molar-refractivity contribution in [1.82, 2.24) is 0 Å². The van der Waals surface area contributed by atoms with E-state index in [9.17, 15) is 9.00 Å². The summed E-state index contributed by atoms with van der Waals surface area (Å²) >= 11 is 5.79. The Morgan fingerprint density at radius 1 is 1.20 bits per heavy atom. The van der Waals surface area contributed by atoms with Gasteiger partial charge in [0, 0.05) is 9.92 Å². The molecule has 0 saturated carbocycles. The van der Waals surface area contributed by atoms with E-state index in [1.165, 1.54) is 0 Å². The standard InChI is InChI=1S/C14H12ClNO3S/c15-10-4-6-11(7-5-10)20(19)12-3-1-2-9(14(12)16)8-13(17)18/h1-7H,8,16H2,(H,17,18). The molecule has 3 N–H and O–H groups in total. The summed E-state index contributed by atoms with van der Waals surface area (Å²) < 4.78 is 12.5. The molecular formula is C14H12ClNO3S. The molecule has 4 nitrogen and oxygen atoms in total. The number of benzene rings is 2. The lowest BCUT2D eigenvalue weighted by Crippen LogP contribution is -2.07. The Bertz CT molecular complexity index is 671. The number of carboxylic acids is 1. The van der Waals surface area contributed by atoms with Gasteiger partial charge in [0.1, 0.15) is 0 Å². The number of para-hydroxylation sites is 1. The predicted molar refractivity (Wildman–Crippen MR) is 78.3 cm³/mol. The lowest BCUT2D eigenvalue weighted by atomic mass is 10.1. The van der Waals surface area contributed by atoms with E-state index in [1.807, 2.05) is 0 Å². The molecule has 20 heavy (non-hydrogen) atoms. The first-order chi connectivity index (χ1) is 9.49. The molecule has 0 radical (unpaired) electrons. The summed E-state index contributed by atoms with van der Waals surface area (Å²) in [6.07, 6.45) is -0.197. The number of rotatable bonds is 4. The van der Waals surface area contributed by atoms with Crippen LogP contribution < -0.4 is 5.73 Å². The van der Waals surface area contributed by atoms with E-state index in [0.717, 1.165) is 0 Å². The van der Waals surface area contributed by atoms with Crippen LogP contribution in [0, 0.1) is 0 Å². The molecule has 0 saturated heterocycles. The Labute approximate surface area is 123 Å². The molecule has 0 spiro atoms. The first-order valence-electron chi connectivity index (χ1n) is 5.75. The average Bonchev–Trinajstić information content (AvgIpc) is 2.41. The van der Waals surface area contributed by atoms with Gasteiger partial charge in [-0.15, -0.1) is 0 Å². The number of hydrogen-bond donors (Lipinski definition) is 2. The number of carboxylic acid groups (broad SMARTS) is 1. The van der Waals surface area contributed by atoms with E-state index < -0.39 is 16.8 Å². The van der Waals surface area contributed by atoms with Crippen molar-refractivity contribution in [3.05, 3.63) is 53.1 Å². The Morgan fingerprint density at radius 3 is 2.45 bits per heavy atom. The zero-order valence-electron chi connectivity index (χ0n) is 10.4. The number of hydrogen-bond acceptors (Lipinski definition) is 3. The van der Waals surface area contributed by atoms with Crippen LogP contribution in [0.15, 0.2) is 52.3 Å². The van der Waals surface area contributed by atoms with Gasteiger partial charge in [-0.05, 0) is 35.9 Å². The summed E-state index contributed by atoms with van der Waals surface area (Å²) in [5.74, 6) is -0.980. The van der Waals surface area contributed by atoms with Gasteiger partial charge < -0.3 is 10.8 Å². The monoisotopic (exact) mass is 309 g/mol. The second-order valence-electron chi connectivity index (χ2n) is 4.12. The van der Waals surface area contributed by atoms with Crippen LogP contribution in [0.3, 0.4) is 0 Å². The minimum absolute atomic E-state index is 0.197. The van der Waals surface area contributed by atoms with Crippen LogP contribution in [-0.2, 0) is 22.0 Å². The van der Waals surface area contributed by atoms with E-state index in [0.29, 0.717) is 20.4 Å². The second kappa shape index (κ2) is 6.07. The Hall–Kier alpha value is -1.85. The van der Waals surface area contributed by atoms with Gasteiger partial charge in [0.05, 0.1) is 27.8 Å². The molecule has 2 rings (SSSR count). The van der Waals surface area contributed by atoms with Crippen molar-refractivity contribution in [2.75, 3.05) is 5.73 Å². The third kappa shape index (κ3) is 3.18. The molecule has 0 aromatic heterocycles. The van der Waals surface area contributed by atoms with E-state index >= 15 is 0 Å². The van der Waals surface area contributed by atoms with Crippen LogP contribution in [0.25, 0.3) is 0 Å². The molecule has 0 fully saturated rings. The maximum absolute atomic E-state index is 12.5. The van der Waals surface area contributed by atoms with Crippen LogP contribution in [-0.4, -0.2) is 15.3 Å². The van der Waals surface area contributed by atoms with Crippen LogP contribution in [0.1, 0.15) is 5.56 Å². The summed E-state index contributed by atoms with van der Waals surface area (Å²) in [6, 6.07) is 11.5. The maximum Gasteiger partial charge on any atom is 0.307 e. The Morgan fingerprint density at radius 2 is 1.85 bits per heavy atom. The summed E-state index contributed by atoms with van der Waals surface area (Å²) in [5.41, 5.74) is 6.63. The SMILES string of the molecule is Nc1c(CC(=O)O)cccc1S(=O)c1ccc(Cl)cc1. The number of carbonyl (C=O) groups is 1. The van der Waals surface area contributed by atoms with Gasteiger partial charge in [-0.1, -0.05) is 23.7 Å². The zero-order chi connectivity index (χ0) is 14.7. The molecule has 6 heteroatoms. The smallest absolute Gasteiger partial charge is 0.307 e. The van der Waals surface area contributed by atoms with Gasteiger partial charge in [-0.3, -0.25) is 4.79 Å². The highest BCUT2D eigenvalue weighted by atomic mass is 35.5. The molecule has 1 unspecified atom stereocenters. The van der Waals surface area contributed by atoms with Crippen LogP contribution in [0.4, 0.5) is 5.69 Å². The molecule has 0 bridgehead atoms. The molecule has 0 aliphatic carbocycles. The van der Waals surface area contributed by atoms with Gasteiger partial charge in [0.15, 0.2) is 0 Å². The lowest BCUT2D eigenvalue weighted by molar-refractivity contribution is -0.136. The van der Waals surface area contributed by atoms with Crippen molar-refractivity contribution in [3.63, 3.8) is 0 Å². The van der Waals surface area contributed by atoms with Crippen molar-refractivity contribution in [3.8, 4) is 0 Å². The Balaban J connectivity index is 2.39. The molecule has 0 amide bonds. The molecule has 0 aliphatic heterocycles. The average molecular weight is 310 g/mol. The summed E-state index contributed by atoms with van der Waals surface area (Å²) in [5, 5.41) is 9.38. The highest BCUT2D eigenvalue weighted by Crippen LogP contribution is 2.26. The molecule has 2 aromatic carbocycles. The van der Waals surface area contributed by atoms with E-state index in [1.54, 1.807) is 42.5 Å². The zero-order valence-corrected chi connectivity index (χ0v) is 11.9. The summed E-state index contributed by atoms with van der Waals surface area (Å²) in [7, 11) is -1.47. The van der Waals surface area contributed by atoms with Crippen LogP contribution in [0.5, 0.6) is 0 Å². The summed E-state index contributed by atoms with van der Waals surface area (Å²) in [6.45, 7) is 0. The fourth-order valence-corrected chi connectivity index (χ4v) is 3.05. The molecule has 1 atom stereocenters. The van der Waals surface area contributed by atoms with E-state index in [-0.39, 0.29) is 12.1 Å². The van der Waals surface area contributed by atoms with Gasteiger partial charge in [0.2, 0.25) is 0 Å². The van der Waals surface area contributed by atoms with Crippen molar-refractivity contribution in [2.24, 2.45) is 0 Å². The first kappa shape index (κ1) is 14.6. The van der Waals surface area contributed by atoms with Crippen molar-refractivity contribution < 1.29 is 14.1 Å². The van der Waals surface area contributed by atoms with Gasteiger partial charge >= 0.3 is 5.97 Å². The lowest BCUT2D eigenvalue weighted by Gasteiger charge is -2.09. The number of halogens is 1. The molecule has 2 aromatic rings. The van der Waals surface area contributed by atoms with Crippen molar-refractivity contribution in [1.29, 1.82) is 0 Å². The van der Waals surface area contributed by atoms with Gasteiger partial charge in [-0.25, -0.2) is 4.21 Å². The third-order valence-corrected chi connectivity index (χ3v) is 4.43. The fraction of sp³-hybridized carbons (Fsp3) is 0.0714. The minimum atomic E-state index is -1.47. The quantitative estimate of drug-likeness (QED) is 0.851. The molecular weight excluding hydrogens is 298 g/mol. The van der Waals surface area contributed by atoms with Crippen LogP contribution in [0.2, 0.25) is 5.02 Å². The van der Waals surface area contributed by atoms with E-state index in [4.69, 9.17) is 22.4 Å². The largest absolute Gasteiger partial charge is 0.481 e. The normalized spacial score (nSPS) is 12.1. The molecule has 104 valence electrons. The van der Waals surface area contributed by atoms with E-state index in [2.05, 4.69) is 0 Å². The van der Waals surface area contributed by atoms with Crippen molar-refractivity contribution in [2.45, 2.75) is 16.2 Å². The number of anilines is 1. The highest BCUT2D eigenvalue weighted by molar-refractivity contribution is 7.85. The third-order valence-electron chi connectivity index (χ3n) is 2.73. The molecule has 0 heterocycles. The minimum Gasteiger partial charge on any atom is -0.481 e. The van der Waals surface area contributed by atoms with Crippen LogP contribution >= 0.6 is 11.6 Å². The maximum atomic E-state index is 12.5. The van der Waals surface area contributed by atoms with Gasteiger partial charge in [0.25, 0.3) is 0 Å². The topological polar surface area (TPSA) is 80.4 Å². The number of nitrogens with two attached hydrogens (primary N) is 1. The Kier molecular flexibility index (Phi) is 4.42. The fourth-order valence-electron chi connectivity index (χ4n) is 1.75. The first-order valence-corrected chi connectivity index (χ1v) is 7.28. The summed E-state index contributed by atoms with van der Waals surface area (Å²) in [4.78, 5) is 11.7. The molecule has 0 aliphatic rings. The number of aliphatic carboxylic acids is 1. The van der Waals surface area contributed by atoms with Crippen molar-refractivity contribution >= 4 is 34.1 Å². The highest BCUT2D eigenvalue weighted by Gasteiger charge is 2.14. The number of nitrogen functional groups attached to an aromatic ring is 1. The van der Waals surface area contributed by atoms with Gasteiger partial charge in [-0.2, -0.15) is 0 Å². The predicted octanol–water partition coefficient (Wildman–Crippen LogP) is 2.72.